The van der Waals surface area contributed by atoms with Crippen LogP contribution in [0.1, 0.15) is 42.5 Å². The van der Waals surface area contributed by atoms with Gasteiger partial charge in [0.25, 0.3) is 0 Å². The van der Waals surface area contributed by atoms with E-state index in [4.69, 9.17) is 0 Å². The summed E-state index contributed by atoms with van der Waals surface area (Å²) >= 11 is 0. The number of aryl methyl sites for hydroxylation is 2. The second kappa shape index (κ2) is 4.36. The van der Waals surface area contributed by atoms with E-state index in [9.17, 15) is 0 Å². The van der Waals surface area contributed by atoms with Crippen LogP contribution in [0.25, 0.3) is 10.9 Å². The van der Waals surface area contributed by atoms with Gasteiger partial charge in [-0.25, -0.2) is 0 Å². The van der Waals surface area contributed by atoms with Crippen LogP contribution in [0.3, 0.4) is 0 Å². The van der Waals surface area contributed by atoms with Crippen molar-refractivity contribution in [3.05, 3.63) is 35.0 Å². The minimum atomic E-state index is 0.394. The number of hydrogen-bond acceptors (Lipinski definition) is 1. The molecule has 1 aromatic carbocycles. The minimum Gasteiger partial charge on any atom is -0.344 e. The van der Waals surface area contributed by atoms with Crippen LogP contribution in [0.2, 0.25) is 0 Å². The van der Waals surface area contributed by atoms with Gasteiger partial charge in [-0.2, -0.15) is 0 Å². The van der Waals surface area contributed by atoms with Crippen molar-refractivity contribution in [1.29, 1.82) is 0 Å². The Kier molecular flexibility index (Phi) is 2.71. The summed E-state index contributed by atoms with van der Waals surface area (Å²) in [5.41, 5.74) is 6.67. The summed E-state index contributed by atoms with van der Waals surface area (Å²) in [6.07, 6.45) is 6.61. The van der Waals surface area contributed by atoms with Crippen molar-refractivity contribution in [1.82, 2.24) is 9.88 Å². The molecule has 2 heterocycles. The van der Waals surface area contributed by atoms with E-state index in [-0.39, 0.29) is 0 Å². The molecule has 0 amide bonds. The zero-order valence-corrected chi connectivity index (χ0v) is 12.6. The Bertz CT molecular complexity index is 662. The maximum atomic E-state index is 3.45. The highest BCUT2D eigenvalue weighted by atomic mass is 15.0. The van der Waals surface area contributed by atoms with Crippen molar-refractivity contribution < 1.29 is 0 Å². The molecule has 2 heteroatoms. The van der Waals surface area contributed by atoms with Gasteiger partial charge in [0.05, 0.1) is 5.52 Å². The van der Waals surface area contributed by atoms with Crippen LogP contribution in [0.4, 0.5) is 0 Å². The number of benzene rings is 1. The molecule has 1 aliphatic carbocycles. The summed E-state index contributed by atoms with van der Waals surface area (Å²) in [5, 5.41) is 4.99. The zero-order chi connectivity index (χ0) is 13.7. The fourth-order valence-corrected chi connectivity index (χ4v) is 4.64. The first-order chi connectivity index (χ1) is 9.77. The standard InChI is InChI=1S/C18H24N2/c1-13-16(18(12-19-2)9-5-10-18)15-8-3-6-14-7-4-11-20(13)17(14)15/h3,6,8,19H,4-5,7,9-12H2,1-2H3. The average Bonchev–Trinajstić information content (AvgIpc) is 2.71. The molecule has 20 heavy (non-hydrogen) atoms. The van der Waals surface area contributed by atoms with Crippen molar-refractivity contribution >= 4 is 10.9 Å². The van der Waals surface area contributed by atoms with Crippen LogP contribution in [-0.4, -0.2) is 18.2 Å². The Morgan fingerprint density at radius 2 is 2.10 bits per heavy atom. The fourth-order valence-electron chi connectivity index (χ4n) is 4.64. The highest BCUT2D eigenvalue weighted by Gasteiger charge is 2.42. The highest BCUT2D eigenvalue weighted by molar-refractivity contribution is 5.90. The third-order valence-electron chi connectivity index (χ3n) is 5.61. The molecule has 0 unspecified atom stereocenters. The first-order valence-corrected chi connectivity index (χ1v) is 8.03. The largest absolute Gasteiger partial charge is 0.344 e. The lowest BCUT2D eigenvalue weighted by Gasteiger charge is -2.43. The molecule has 0 bridgehead atoms. The van der Waals surface area contributed by atoms with Gasteiger partial charge in [-0.3, -0.25) is 0 Å². The van der Waals surface area contributed by atoms with Gasteiger partial charge in [0.2, 0.25) is 0 Å². The molecule has 0 spiro atoms. The summed E-state index contributed by atoms with van der Waals surface area (Å²) in [4.78, 5) is 0. The van der Waals surface area contributed by atoms with E-state index >= 15 is 0 Å². The molecule has 0 saturated heterocycles. The normalized spacial score (nSPS) is 20.1. The number of rotatable bonds is 3. The third-order valence-corrected chi connectivity index (χ3v) is 5.61. The number of nitrogens with one attached hydrogen (secondary N) is 1. The van der Waals surface area contributed by atoms with E-state index in [2.05, 4.69) is 42.1 Å². The molecular weight excluding hydrogens is 244 g/mol. The lowest BCUT2D eigenvalue weighted by Crippen LogP contribution is -2.43. The highest BCUT2D eigenvalue weighted by Crippen LogP contribution is 2.49. The molecule has 0 atom stereocenters. The second-order valence-corrected chi connectivity index (χ2v) is 6.69. The summed E-state index contributed by atoms with van der Waals surface area (Å²) in [6.45, 7) is 4.67. The quantitative estimate of drug-likeness (QED) is 0.901. The molecule has 1 aromatic heterocycles. The lowest BCUT2D eigenvalue weighted by atomic mass is 9.63. The number of hydrogen-bond donors (Lipinski definition) is 1. The van der Waals surface area contributed by atoms with Crippen molar-refractivity contribution in [3.63, 3.8) is 0 Å². The van der Waals surface area contributed by atoms with Gasteiger partial charge in [-0.1, -0.05) is 24.6 Å². The second-order valence-electron chi connectivity index (χ2n) is 6.69. The monoisotopic (exact) mass is 268 g/mol. The average molecular weight is 268 g/mol. The molecule has 4 rings (SSSR count). The van der Waals surface area contributed by atoms with E-state index < -0.39 is 0 Å². The van der Waals surface area contributed by atoms with Crippen LogP contribution in [0, 0.1) is 6.92 Å². The van der Waals surface area contributed by atoms with Crippen LogP contribution in [0.15, 0.2) is 18.2 Å². The van der Waals surface area contributed by atoms with Gasteiger partial charge in [-0.05, 0) is 50.8 Å². The van der Waals surface area contributed by atoms with E-state index in [1.807, 2.05) is 0 Å². The summed E-state index contributed by atoms with van der Waals surface area (Å²) in [6, 6.07) is 6.95. The van der Waals surface area contributed by atoms with E-state index in [1.165, 1.54) is 55.2 Å². The van der Waals surface area contributed by atoms with Gasteiger partial charge in [0.1, 0.15) is 0 Å². The molecular formula is C18H24N2. The van der Waals surface area contributed by atoms with Gasteiger partial charge in [-0.15, -0.1) is 0 Å². The first-order valence-electron chi connectivity index (χ1n) is 8.03. The Balaban J connectivity index is 2.01. The molecule has 2 nitrogen and oxygen atoms in total. The molecule has 1 N–H and O–H groups in total. The third kappa shape index (κ3) is 1.49. The fraction of sp³-hybridized carbons (Fsp3) is 0.556. The van der Waals surface area contributed by atoms with Crippen molar-refractivity contribution in [3.8, 4) is 0 Å². The van der Waals surface area contributed by atoms with E-state index in [0.29, 0.717) is 5.41 Å². The van der Waals surface area contributed by atoms with Crippen molar-refractivity contribution in [2.24, 2.45) is 0 Å². The summed E-state index contributed by atoms with van der Waals surface area (Å²) < 4.78 is 2.60. The molecule has 1 aliphatic heterocycles. The summed E-state index contributed by atoms with van der Waals surface area (Å²) in [5.74, 6) is 0. The van der Waals surface area contributed by atoms with E-state index in [0.717, 1.165) is 6.54 Å². The van der Waals surface area contributed by atoms with Gasteiger partial charge in [0, 0.05) is 29.6 Å². The lowest BCUT2D eigenvalue weighted by molar-refractivity contribution is 0.239. The molecule has 1 saturated carbocycles. The smallest absolute Gasteiger partial charge is 0.0518 e. The maximum Gasteiger partial charge on any atom is 0.0518 e. The van der Waals surface area contributed by atoms with E-state index in [1.54, 1.807) is 11.1 Å². The first kappa shape index (κ1) is 12.5. The van der Waals surface area contributed by atoms with Gasteiger partial charge >= 0.3 is 0 Å². The van der Waals surface area contributed by atoms with Gasteiger partial charge in [0.15, 0.2) is 0 Å². The van der Waals surface area contributed by atoms with Crippen molar-refractivity contribution in [2.75, 3.05) is 13.6 Å². The van der Waals surface area contributed by atoms with Crippen LogP contribution in [-0.2, 0) is 18.4 Å². The van der Waals surface area contributed by atoms with Crippen LogP contribution in [0.5, 0.6) is 0 Å². The Labute approximate surface area is 121 Å². The predicted molar refractivity (Wildman–Crippen MR) is 84.5 cm³/mol. The van der Waals surface area contributed by atoms with Gasteiger partial charge < -0.3 is 9.88 Å². The number of aromatic nitrogens is 1. The SMILES string of the molecule is CNCC1(c2c(C)n3c4c(cccc24)CCC3)CCC1. The molecule has 106 valence electrons. The Morgan fingerprint density at radius 3 is 2.80 bits per heavy atom. The van der Waals surface area contributed by atoms with Crippen LogP contribution >= 0.6 is 0 Å². The topological polar surface area (TPSA) is 17.0 Å². The summed E-state index contributed by atoms with van der Waals surface area (Å²) in [7, 11) is 2.10. The maximum absolute atomic E-state index is 3.45. The molecule has 1 fully saturated rings. The van der Waals surface area contributed by atoms with Crippen molar-refractivity contribution in [2.45, 2.75) is 51.0 Å². The number of nitrogens with zero attached hydrogens (tertiary/aromatic N) is 1. The predicted octanol–water partition coefficient (Wildman–Crippen LogP) is 3.54. The molecule has 0 radical (unpaired) electrons. The number of para-hydroxylation sites is 1. The molecule has 2 aliphatic rings. The minimum absolute atomic E-state index is 0.394. The Morgan fingerprint density at radius 1 is 1.25 bits per heavy atom. The number of likely N-dealkylation sites (N-methyl/N-ethyl adjacent to an activating group) is 1. The zero-order valence-electron chi connectivity index (χ0n) is 12.6. The Hall–Kier alpha value is -1.28. The molecule has 2 aromatic rings. The van der Waals surface area contributed by atoms with Crippen LogP contribution < -0.4 is 5.32 Å².